The summed E-state index contributed by atoms with van der Waals surface area (Å²) in [6.07, 6.45) is -0.254. The quantitative estimate of drug-likeness (QED) is 0.470. The molecule has 154 valence electrons. The molecule has 0 amide bonds. The van der Waals surface area contributed by atoms with Gasteiger partial charge in [-0.15, -0.1) is 0 Å². The number of hydrogen-bond acceptors (Lipinski definition) is 6. The van der Waals surface area contributed by atoms with E-state index < -0.39 is 6.61 Å². The van der Waals surface area contributed by atoms with Gasteiger partial charge in [-0.1, -0.05) is 23.4 Å². The zero-order chi connectivity index (χ0) is 20.4. The van der Waals surface area contributed by atoms with Crippen LogP contribution in [0.15, 0.2) is 33.8 Å². The first kappa shape index (κ1) is 21.5. The maximum Gasteiger partial charge on any atom is 0.387 e. The average Bonchev–Trinajstić information content (AvgIpc) is 3.14. The van der Waals surface area contributed by atoms with E-state index in [1.54, 1.807) is 18.2 Å². The zero-order valence-electron chi connectivity index (χ0n) is 16.1. The number of para-hydroxylation sites is 1. The Labute approximate surface area is 162 Å². The molecule has 1 unspecified atom stereocenters. The number of benzene rings is 1. The molecule has 1 aromatic carbocycles. The highest BCUT2D eigenvalue weighted by Gasteiger charge is 2.14. The molecule has 0 bridgehead atoms. The minimum Gasteiger partial charge on any atom is -0.434 e. The first-order valence-electron chi connectivity index (χ1n) is 9.02. The molecule has 0 radical (unpaired) electrons. The molecular formula is C18H25F2N5O3. The van der Waals surface area contributed by atoms with Crippen molar-refractivity contribution in [3.8, 4) is 5.75 Å². The largest absolute Gasteiger partial charge is 0.434 e. The summed E-state index contributed by atoms with van der Waals surface area (Å²) < 4.78 is 40.2. The highest BCUT2D eigenvalue weighted by atomic mass is 19.3. The monoisotopic (exact) mass is 397 g/mol. The van der Waals surface area contributed by atoms with Crippen molar-refractivity contribution < 1.29 is 22.8 Å². The Bertz CT molecular complexity index is 754. The number of rotatable bonds is 10. The van der Waals surface area contributed by atoms with Crippen molar-refractivity contribution in [2.75, 3.05) is 13.2 Å². The molecule has 2 N–H and O–H groups in total. The Morgan fingerprint density at radius 2 is 2.04 bits per heavy atom. The second-order valence-electron chi connectivity index (χ2n) is 5.68. The summed E-state index contributed by atoms with van der Waals surface area (Å²) in [5.74, 6) is 1.43. The molecule has 1 aromatic heterocycles. The number of ether oxygens (including phenoxy) is 2. The highest BCUT2D eigenvalue weighted by molar-refractivity contribution is 5.79. The molecule has 1 atom stereocenters. The lowest BCUT2D eigenvalue weighted by atomic mass is 10.2. The molecule has 0 aliphatic carbocycles. The predicted octanol–water partition coefficient (Wildman–Crippen LogP) is 3.02. The standard InChI is InChI=1S/C18H25F2N5O3/c1-4-21-18(22-10-13-8-6-7-9-14(13)27-17(19)20)23-11-15-24-16(25-28-15)12(3)26-5-2/h6-9,12,17H,4-5,10-11H2,1-3H3,(H2,21,22,23). The molecule has 0 fully saturated rings. The molecule has 0 aliphatic heterocycles. The summed E-state index contributed by atoms with van der Waals surface area (Å²) >= 11 is 0. The van der Waals surface area contributed by atoms with Gasteiger partial charge in [-0.2, -0.15) is 13.8 Å². The molecule has 1 heterocycles. The van der Waals surface area contributed by atoms with E-state index in [9.17, 15) is 8.78 Å². The first-order valence-corrected chi connectivity index (χ1v) is 9.02. The van der Waals surface area contributed by atoms with E-state index in [2.05, 4.69) is 30.5 Å². The lowest BCUT2D eigenvalue weighted by Gasteiger charge is -2.11. The van der Waals surface area contributed by atoms with Gasteiger partial charge in [0, 0.05) is 18.7 Å². The van der Waals surface area contributed by atoms with Crippen molar-refractivity contribution in [1.29, 1.82) is 0 Å². The van der Waals surface area contributed by atoms with E-state index in [-0.39, 0.29) is 24.9 Å². The summed E-state index contributed by atoms with van der Waals surface area (Å²) in [5.41, 5.74) is 0.547. The summed E-state index contributed by atoms with van der Waals surface area (Å²) in [6, 6.07) is 6.54. The number of guanidine groups is 1. The van der Waals surface area contributed by atoms with Crippen molar-refractivity contribution in [3.05, 3.63) is 41.5 Å². The molecule has 10 heteroatoms. The molecule has 0 saturated heterocycles. The Kier molecular flexibility index (Phi) is 8.60. The third kappa shape index (κ3) is 6.76. The number of halogens is 2. The topological polar surface area (TPSA) is 93.8 Å². The van der Waals surface area contributed by atoms with Crippen LogP contribution < -0.4 is 15.4 Å². The highest BCUT2D eigenvalue weighted by Crippen LogP contribution is 2.21. The Hall–Kier alpha value is -2.75. The molecule has 0 spiro atoms. The lowest BCUT2D eigenvalue weighted by molar-refractivity contribution is -0.0504. The predicted molar refractivity (Wildman–Crippen MR) is 99.1 cm³/mol. The molecule has 0 aliphatic rings. The van der Waals surface area contributed by atoms with E-state index in [0.717, 1.165) is 0 Å². The van der Waals surface area contributed by atoms with Crippen LogP contribution in [0.4, 0.5) is 8.78 Å². The van der Waals surface area contributed by atoms with E-state index in [1.807, 2.05) is 20.8 Å². The lowest BCUT2D eigenvalue weighted by Crippen LogP contribution is -2.36. The van der Waals surface area contributed by atoms with Crippen molar-refractivity contribution in [3.63, 3.8) is 0 Å². The fourth-order valence-corrected chi connectivity index (χ4v) is 2.34. The summed E-state index contributed by atoms with van der Waals surface area (Å²) in [6.45, 7) is 4.36. The molecule has 28 heavy (non-hydrogen) atoms. The third-order valence-corrected chi connectivity index (χ3v) is 3.61. The van der Waals surface area contributed by atoms with Gasteiger partial charge in [-0.3, -0.25) is 0 Å². The van der Waals surface area contributed by atoms with Crippen LogP contribution in [0.3, 0.4) is 0 Å². The van der Waals surface area contributed by atoms with Crippen LogP contribution in [0.25, 0.3) is 0 Å². The minimum absolute atomic E-state index is 0.101. The number of alkyl halides is 2. The first-order chi connectivity index (χ1) is 13.5. The molecular weight excluding hydrogens is 372 g/mol. The van der Waals surface area contributed by atoms with E-state index in [1.165, 1.54) is 6.07 Å². The van der Waals surface area contributed by atoms with Crippen LogP contribution in [0.5, 0.6) is 5.75 Å². The van der Waals surface area contributed by atoms with Gasteiger partial charge in [-0.25, -0.2) is 4.99 Å². The van der Waals surface area contributed by atoms with E-state index >= 15 is 0 Å². The van der Waals surface area contributed by atoms with Gasteiger partial charge in [0.05, 0.1) is 13.1 Å². The van der Waals surface area contributed by atoms with Crippen LogP contribution in [-0.2, 0) is 17.8 Å². The number of aromatic nitrogens is 2. The van der Waals surface area contributed by atoms with Crippen molar-refractivity contribution in [2.24, 2.45) is 4.99 Å². The number of nitrogens with one attached hydrogen (secondary N) is 2. The smallest absolute Gasteiger partial charge is 0.387 e. The maximum absolute atomic E-state index is 12.5. The van der Waals surface area contributed by atoms with Gasteiger partial charge < -0.3 is 24.6 Å². The number of aliphatic imine (C=N–C) groups is 1. The second-order valence-corrected chi connectivity index (χ2v) is 5.68. The zero-order valence-corrected chi connectivity index (χ0v) is 16.1. The summed E-state index contributed by atoms with van der Waals surface area (Å²) in [4.78, 5) is 8.67. The van der Waals surface area contributed by atoms with E-state index in [4.69, 9.17) is 9.26 Å². The van der Waals surface area contributed by atoms with Crippen LogP contribution in [0.1, 0.15) is 44.2 Å². The van der Waals surface area contributed by atoms with Crippen molar-refractivity contribution >= 4 is 5.96 Å². The Balaban J connectivity index is 2.00. The molecule has 8 nitrogen and oxygen atoms in total. The third-order valence-electron chi connectivity index (χ3n) is 3.61. The van der Waals surface area contributed by atoms with E-state index in [0.29, 0.717) is 36.4 Å². The fraction of sp³-hybridized carbons (Fsp3) is 0.500. The summed E-state index contributed by atoms with van der Waals surface area (Å²) in [5, 5.41) is 10.0. The van der Waals surface area contributed by atoms with Crippen molar-refractivity contribution in [2.45, 2.75) is 46.6 Å². The average molecular weight is 397 g/mol. The minimum atomic E-state index is -2.89. The SMILES string of the molecule is CCNC(=NCc1ccccc1OC(F)F)NCc1nc(C(C)OCC)no1. The van der Waals surface area contributed by atoms with Gasteiger partial charge in [-0.05, 0) is 26.8 Å². The van der Waals surface area contributed by atoms with Gasteiger partial charge >= 0.3 is 6.61 Å². The van der Waals surface area contributed by atoms with Crippen LogP contribution >= 0.6 is 0 Å². The summed E-state index contributed by atoms with van der Waals surface area (Å²) in [7, 11) is 0. The number of hydrogen-bond donors (Lipinski definition) is 2. The maximum atomic E-state index is 12.5. The van der Waals surface area contributed by atoms with Crippen molar-refractivity contribution in [1.82, 2.24) is 20.8 Å². The Morgan fingerprint density at radius 1 is 1.25 bits per heavy atom. The second kappa shape index (κ2) is 11.2. The van der Waals surface area contributed by atoms with Crippen LogP contribution in [0, 0.1) is 0 Å². The van der Waals surface area contributed by atoms with Crippen LogP contribution in [-0.4, -0.2) is 35.9 Å². The molecule has 2 aromatic rings. The van der Waals surface area contributed by atoms with Gasteiger partial charge in [0.1, 0.15) is 11.9 Å². The van der Waals surface area contributed by atoms with Gasteiger partial charge in [0.15, 0.2) is 11.8 Å². The number of nitrogens with zero attached hydrogens (tertiary/aromatic N) is 3. The molecule has 0 saturated carbocycles. The Morgan fingerprint density at radius 3 is 2.75 bits per heavy atom. The normalized spacial score (nSPS) is 12.9. The van der Waals surface area contributed by atoms with Gasteiger partial charge in [0.2, 0.25) is 5.89 Å². The van der Waals surface area contributed by atoms with Gasteiger partial charge in [0.25, 0.3) is 0 Å². The fourth-order valence-electron chi connectivity index (χ4n) is 2.34. The molecule has 2 rings (SSSR count). The van der Waals surface area contributed by atoms with Crippen LogP contribution in [0.2, 0.25) is 0 Å².